The Morgan fingerprint density at radius 2 is 2.05 bits per heavy atom. The minimum atomic E-state index is -0.498. The van der Waals surface area contributed by atoms with Crippen molar-refractivity contribution in [2.45, 2.75) is 0 Å². The first-order chi connectivity index (χ1) is 9.11. The van der Waals surface area contributed by atoms with Crippen molar-refractivity contribution in [2.75, 3.05) is 11.9 Å². The van der Waals surface area contributed by atoms with Crippen LogP contribution in [-0.4, -0.2) is 28.1 Å². The second-order valence-electron chi connectivity index (χ2n) is 3.80. The molecule has 98 valence electrons. The molecule has 19 heavy (non-hydrogen) atoms. The van der Waals surface area contributed by atoms with Crippen LogP contribution in [0.15, 0.2) is 41.8 Å². The molecule has 0 aliphatic rings. The predicted molar refractivity (Wildman–Crippen MR) is 69.0 cm³/mol. The standard InChI is InChI=1S/C12H12FN5O/c1-18(12-15-6-9(13)7-16-12)10-4-2-3-8(5-10)11(14)17-19/h2-7,19H,1H3,(H2,14,17). The van der Waals surface area contributed by atoms with E-state index in [0.29, 0.717) is 11.5 Å². The molecule has 1 aromatic carbocycles. The molecular formula is C12H12FN5O. The Balaban J connectivity index is 2.33. The van der Waals surface area contributed by atoms with Crippen LogP contribution in [0.25, 0.3) is 0 Å². The average molecular weight is 261 g/mol. The maximum atomic E-state index is 12.8. The van der Waals surface area contributed by atoms with E-state index in [0.717, 1.165) is 18.1 Å². The van der Waals surface area contributed by atoms with Gasteiger partial charge in [-0.1, -0.05) is 17.3 Å². The molecule has 0 saturated carbocycles. The van der Waals surface area contributed by atoms with Crippen molar-refractivity contribution in [1.82, 2.24) is 9.97 Å². The third kappa shape index (κ3) is 2.76. The molecule has 0 amide bonds. The Morgan fingerprint density at radius 1 is 1.37 bits per heavy atom. The molecule has 0 saturated heterocycles. The van der Waals surface area contributed by atoms with Gasteiger partial charge in [-0.25, -0.2) is 14.4 Å². The van der Waals surface area contributed by atoms with Gasteiger partial charge < -0.3 is 15.8 Å². The zero-order valence-corrected chi connectivity index (χ0v) is 10.2. The molecule has 0 fully saturated rings. The van der Waals surface area contributed by atoms with Crippen LogP contribution in [0.2, 0.25) is 0 Å². The Labute approximate surface area is 109 Å². The number of rotatable bonds is 3. The summed E-state index contributed by atoms with van der Waals surface area (Å²) in [6, 6.07) is 6.98. The molecule has 1 aromatic heterocycles. The van der Waals surface area contributed by atoms with Crippen LogP contribution in [0.1, 0.15) is 5.56 Å². The van der Waals surface area contributed by atoms with Crippen molar-refractivity contribution >= 4 is 17.5 Å². The Morgan fingerprint density at radius 3 is 2.68 bits per heavy atom. The summed E-state index contributed by atoms with van der Waals surface area (Å²) in [6.07, 6.45) is 2.18. The number of nitrogens with zero attached hydrogens (tertiary/aromatic N) is 4. The first-order valence-electron chi connectivity index (χ1n) is 5.41. The summed E-state index contributed by atoms with van der Waals surface area (Å²) >= 11 is 0. The Kier molecular flexibility index (Phi) is 3.56. The molecule has 0 radical (unpaired) electrons. The number of amidine groups is 1. The molecule has 0 aliphatic heterocycles. The van der Waals surface area contributed by atoms with Crippen LogP contribution in [0.5, 0.6) is 0 Å². The first kappa shape index (κ1) is 12.7. The minimum absolute atomic E-state index is 0.00951. The summed E-state index contributed by atoms with van der Waals surface area (Å²) in [5.41, 5.74) is 6.82. The van der Waals surface area contributed by atoms with Crippen molar-refractivity contribution in [1.29, 1.82) is 0 Å². The summed E-state index contributed by atoms with van der Waals surface area (Å²) in [5.74, 6) is -0.143. The number of hydrogen-bond donors (Lipinski definition) is 2. The number of anilines is 2. The molecule has 0 aliphatic carbocycles. The molecular weight excluding hydrogens is 249 g/mol. The highest BCUT2D eigenvalue weighted by Gasteiger charge is 2.08. The second kappa shape index (κ2) is 5.30. The van der Waals surface area contributed by atoms with E-state index in [2.05, 4.69) is 15.1 Å². The van der Waals surface area contributed by atoms with Gasteiger partial charge in [0.2, 0.25) is 5.95 Å². The average Bonchev–Trinajstić information content (AvgIpc) is 2.46. The van der Waals surface area contributed by atoms with Gasteiger partial charge in [-0.3, -0.25) is 0 Å². The zero-order valence-electron chi connectivity index (χ0n) is 10.2. The fourth-order valence-electron chi connectivity index (χ4n) is 1.53. The van der Waals surface area contributed by atoms with Gasteiger partial charge in [0, 0.05) is 18.3 Å². The summed E-state index contributed by atoms with van der Waals surface area (Å²) in [7, 11) is 1.73. The van der Waals surface area contributed by atoms with Crippen LogP contribution in [-0.2, 0) is 0 Å². The summed E-state index contributed by atoms with van der Waals surface area (Å²) in [4.78, 5) is 9.42. The Hall–Kier alpha value is -2.70. The number of benzene rings is 1. The lowest BCUT2D eigenvalue weighted by atomic mass is 10.2. The molecule has 2 aromatic rings. The molecule has 0 unspecified atom stereocenters. The number of hydrogen-bond acceptors (Lipinski definition) is 5. The first-order valence-corrected chi connectivity index (χ1v) is 5.41. The SMILES string of the molecule is CN(c1cccc(/C(N)=N/O)c1)c1ncc(F)cn1. The minimum Gasteiger partial charge on any atom is -0.409 e. The van der Waals surface area contributed by atoms with Crippen LogP contribution < -0.4 is 10.6 Å². The summed E-state index contributed by atoms with van der Waals surface area (Å²) in [6.45, 7) is 0. The van der Waals surface area contributed by atoms with Gasteiger partial charge in [-0.05, 0) is 12.1 Å². The number of halogens is 1. The molecule has 0 atom stereocenters. The lowest BCUT2D eigenvalue weighted by Gasteiger charge is -2.17. The van der Waals surface area contributed by atoms with Crippen molar-refractivity contribution in [3.63, 3.8) is 0 Å². The topological polar surface area (TPSA) is 87.6 Å². The fourth-order valence-corrected chi connectivity index (χ4v) is 1.53. The van der Waals surface area contributed by atoms with Crippen molar-refractivity contribution in [2.24, 2.45) is 10.9 Å². The molecule has 3 N–H and O–H groups in total. The van der Waals surface area contributed by atoms with E-state index in [4.69, 9.17) is 10.9 Å². The van der Waals surface area contributed by atoms with Crippen LogP contribution >= 0.6 is 0 Å². The third-order valence-electron chi connectivity index (χ3n) is 2.54. The van der Waals surface area contributed by atoms with Gasteiger partial charge in [-0.15, -0.1) is 0 Å². The van der Waals surface area contributed by atoms with E-state index in [1.807, 2.05) is 0 Å². The van der Waals surface area contributed by atoms with Gasteiger partial charge in [0.1, 0.15) is 0 Å². The highest BCUT2D eigenvalue weighted by Crippen LogP contribution is 2.20. The maximum absolute atomic E-state index is 12.8. The molecule has 6 nitrogen and oxygen atoms in total. The van der Waals surface area contributed by atoms with Crippen LogP contribution in [0.4, 0.5) is 16.0 Å². The number of aromatic nitrogens is 2. The van der Waals surface area contributed by atoms with Gasteiger partial charge in [0.25, 0.3) is 0 Å². The van der Waals surface area contributed by atoms with E-state index >= 15 is 0 Å². The maximum Gasteiger partial charge on any atom is 0.229 e. The van der Waals surface area contributed by atoms with E-state index < -0.39 is 5.82 Å². The largest absolute Gasteiger partial charge is 0.409 e. The van der Waals surface area contributed by atoms with Crippen LogP contribution in [0.3, 0.4) is 0 Å². The number of nitrogens with two attached hydrogens (primary N) is 1. The lowest BCUT2D eigenvalue weighted by Crippen LogP contribution is -2.16. The highest BCUT2D eigenvalue weighted by atomic mass is 19.1. The van der Waals surface area contributed by atoms with Crippen molar-refractivity contribution in [3.8, 4) is 0 Å². The quantitative estimate of drug-likeness (QED) is 0.378. The van der Waals surface area contributed by atoms with Gasteiger partial charge in [-0.2, -0.15) is 0 Å². The highest BCUT2D eigenvalue weighted by molar-refractivity contribution is 5.97. The molecule has 1 heterocycles. The molecule has 0 bridgehead atoms. The van der Waals surface area contributed by atoms with Gasteiger partial charge in [0.05, 0.1) is 12.4 Å². The van der Waals surface area contributed by atoms with Crippen LogP contribution in [0, 0.1) is 5.82 Å². The smallest absolute Gasteiger partial charge is 0.229 e. The number of oxime groups is 1. The monoisotopic (exact) mass is 261 g/mol. The molecule has 7 heteroatoms. The normalized spacial score (nSPS) is 11.4. The van der Waals surface area contributed by atoms with Crippen molar-refractivity contribution in [3.05, 3.63) is 48.0 Å². The van der Waals surface area contributed by atoms with Gasteiger partial charge >= 0.3 is 0 Å². The predicted octanol–water partition coefficient (Wildman–Crippen LogP) is 1.48. The lowest BCUT2D eigenvalue weighted by molar-refractivity contribution is 0.318. The summed E-state index contributed by atoms with van der Waals surface area (Å²) in [5, 5.41) is 11.6. The van der Waals surface area contributed by atoms with E-state index in [1.54, 1.807) is 36.2 Å². The second-order valence-corrected chi connectivity index (χ2v) is 3.80. The van der Waals surface area contributed by atoms with E-state index in [1.165, 1.54) is 0 Å². The molecule has 2 rings (SSSR count). The third-order valence-corrected chi connectivity index (χ3v) is 2.54. The van der Waals surface area contributed by atoms with Gasteiger partial charge in [0.15, 0.2) is 11.7 Å². The van der Waals surface area contributed by atoms with E-state index in [-0.39, 0.29) is 5.84 Å². The van der Waals surface area contributed by atoms with E-state index in [9.17, 15) is 4.39 Å². The molecule has 0 spiro atoms. The zero-order chi connectivity index (χ0) is 13.8. The fraction of sp³-hybridized carbons (Fsp3) is 0.0833. The Bertz CT molecular complexity index is 599. The van der Waals surface area contributed by atoms with Crippen molar-refractivity contribution < 1.29 is 9.60 Å². The summed E-state index contributed by atoms with van der Waals surface area (Å²) < 4.78 is 12.8.